The van der Waals surface area contributed by atoms with E-state index < -0.39 is 16.2 Å². The van der Waals surface area contributed by atoms with Crippen molar-refractivity contribution in [2.75, 3.05) is 68.1 Å². The predicted molar refractivity (Wildman–Crippen MR) is 161 cm³/mol. The number of methoxy groups -OCH3 is 1. The maximum Gasteiger partial charge on any atom is 0.247 e. The molecular weight excluding hydrogens is 546 g/mol. The lowest BCUT2D eigenvalue weighted by molar-refractivity contribution is -0.111. The first-order valence-corrected chi connectivity index (χ1v) is 14.6. The molecule has 1 atom stereocenters. The molecule has 41 heavy (non-hydrogen) atoms. The Balaban J connectivity index is 1.66. The van der Waals surface area contributed by atoms with Gasteiger partial charge in [0.25, 0.3) is 0 Å². The highest BCUT2D eigenvalue weighted by atomic mass is 32.2. The molecule has 4 rings (SSSR count). The topological polar surface area (TPSA) is 144 Å². The van der Waals surface area contributed by atoms with Crippen molar-refractivity contribution >= 4 is 50.4 Å². The third-order valence-electron chi connectivity index (χ3n) is 6.25. The molecule has 4 N–H and O–H groups in total. The van der Waals surface area contributed by atoms with Gasteiger partial charge < -0.3 is 25.2 Å². The molecule has 1 aliphatic rings. The van der Waals surface area contributed by atoms with E-state index in [0.717, 1.165) is 29.7 Å². The second kappa shape index (κ2) is 12.5. The van der Waals surface area contributed by atoms with Gasteiger partial charge in [-0.2, -0.15) is 9.71 Å². The molecule has 0 spiro atoms. The number of fused-ring (bicyclic) bond motifs is 1. The summed E-state index contributed by atoms with van der Waals surface area (Å²) in [5.41, 5.74) is 6.50. The minimum absolute atomic E-state index is 0.259. The molecule has 0 bridgehead atoms. The lowest BCUT2D eigenvalue weighted by Crippen LogP contribution is -2.39. The number of sulfonamides is 1. The third-order valence-corrected chi connectivity index (χ3v) is 6.91. The Morgan fingerprint density at radius 3 is 2.61 bits per heavy atom. The molecule has 1 unspecified atom stereocenters. The molecule has 0 aliphatic carbocycles. The van der Waals surface area contributed by atoms with Crippen LogP contribution in [0.5, 0.6) is 5.75 Å². The Morgan fingerprint density at radius 1 is 1.17 bits per heavy atom. The van der Waals surface area contributed by atoms with Gasteiger partial charge in [-0.25, -0.2) is 18.8 Å². The summed E-state index contributed by atoms with van der Waals surface area (Å²) in [6.07, 6.45) is 3.24. The average Bonchev–Trinajstić information content (AvgIpc) is 3.29. The standard InChI is InChI=1S/C27H35N9O4S/c1-7-25(37)29-19-16-20(23(40-5)17-22(19)35(4)15-14-34(2)3)30-27-28-13-12-24(31-27)36-21-11-9-8-10-18(21)26(32-36)33-41(6,38)39/h7-13,16-17,26,32-33H,1,14-15H2,2-6H3,(H,29,37)(H,28,30,31). The molecule has 2 aromatic carbocycles. The van der Waals surface area contributed by atoms with Gasteiger partial charge in [-0.1, -0.05) is 24.8 Å². The van der Waals surface area contributed by atoms with Crippen molar-refractivity contribution in [2.24, 2.45) is 0 Å². The lowest BCUT2D eigenvalue weighted by Gasteiger charge is -2.26. The molecule has 1 aromatic heterocycles. The predicted octanol–water partition coefficient (Wildman–Crippen LogP) is 2.56. The molecule has 14 heteroatoms. The summed E-state index contributed by atoms with van der Waals surface area (Å²) in [5.74, 6) is 0.906. The Bertz CT molecular complexity index is 1530. The number of carbonyl (C=O) groups excluding carboxylic acids is 1. The highest BCUT2D eigenvalue weighted by Crippen LogP contribution is 2.39. The Morgan fingerprint density at radius 2 is 1.93 bits per heavy atom. The number of hydrazine groups is 1. The second-order valence-corrected chi connectivity index (χ2v) is 11.5. The minimum atomic E-state index is -3.49. The van der Waals surface area contributed by atoms with E-state index >= 15 is 0 Å². The monoisotopic (exact) mass is 581 g/mol. The zero-order valence-electron chi connectivity index (χ0n) is 23.7. The number of likely N-dealkylation sites (N-methyl/N-ethyl adjacent to an activating group) is 2. The number of aromatic nitrogens is 2. The molecule has 2 heterocycles. The van der Waals surface area contributed by atoms with Crippen LogP contribution in [0.2, 0.25) is 0 Å². The Hall–Kier alpha value is -4.24. The highest BCUT2D eigenvalue weighted by molar-refractivity contribution is 7.88. The van der Waals surface area contributed by atoms with Crippen LogP contribution in [0.1, 0.15) is 11.7 Å². The second-order valence-electron chi connectivity index (χ2n) is 9.70. The molecule has 1 aliphatic heterocycles. The first-order chi connectivity index (χ1) is 19.5. The zero-order chi connectivity index (χ0) is 29.7. The lowest BCUT2D eigenvalue weighted by atomic mass is 10.1. The Kier molecular flexibility index (Phi) is 9.08. The minimum Gasteiger partial charge on any atom is -0.494 e. The fraction of sp³-hybridized carbons (Fsp3) is 0.296. The van der Waals surface area contributed by atoms with Crippen LogP contribution in [0.25, 0.3) is 0 Å². The number of rotatable bonds is 12. The molecule has 3 aromatic rings. The van der Waals surface area contributed by atoms with E-state index in [2.05, 4.69) is 42.2 Å². The van der Waals surface area contributed by atoms with Crippen molar-refractivity contribution in [3.05, 3.63) is 66.9 Å². The van der Waals surface area contributed by atoms with Gasteiger partial charge in [-0.3, -0.25) is 9.80 Å². The number of nitrogens with zero attached hydrogens (tertiary/aromatic N) is 5. The first kappa shape index (κ1) is 29.7. The summed E-state index contributed by atoms with van der Waals surface area (Å²) in [4.78, 5) is 25.4. The van der Waals surface area contributed by atoms with Crippen LogP contribution in [0.3, 0.4) is 0 Å². The van der Waals surface area contributed by atoms with Gasteiger partial charge in [0.2, 0.25) is 21.9 Å². The van der Waals surface area contributed by atoms with Gasteiger partial charge in [0, 0.05) is 44.0 Å². The molecule has 218 valence electrons. The first-order valence-electron chi connectivity index (χ1n) is 12.7. The number of hydrogen-bond donors (Lipinski definition) is 4. The maximum atomic E-state index is 12.3. The number of amides is 1. The van der Waals surface area contributed by atoms with Gasteiger partial charge in [0.15, 0.2) is 5.82 Å². The SMILES string of the molecule is C=CC(=O)Nc1cc(Nc2nccc(N3NC(NS(C)(=O)=O)c4ccccc43)n2)c(OC)cc1N(C)CCN(C)C. The van der Waals surface area contributed by atoms with Crippen LogP contribution in [-0.2, 0) is 14.8 Å². The molecular formula is C27H35N9O4S. The summed E-state index contributed by atoms with van der Waals surface area (Å²) in [7, 11) is 4.00. The number of para-hydroxylation sites is 1. The molecule has 1 amide bonds. The number of carbonyl (C=O) groups is 1. The maximum absolute atomic E-state index is 12.3. The summed E-state index contributed by atoms with van der Waals surface area (Å²) in [6, 6.07) is 12.7. The highest BCUT2D eigenvalue weighted by Gasteiger charge is 2.31. The van der Waals surface area contributed by atoms with Gasteiger partial charge >= 0.3 is 0 Å². The molecule has 13 nitrogen and oxygen atoms in total. The van der Waals surface area contributed by atoms with Crippen molar-refractivity contribution in [1.82, 2.24) is 25.0 Å². The van der Waals surface area contributed by atoms with Crippen LogP contribution in [0, 0.1) is 0 Å². The van der Waals surface area contributed by atoms with Crippen molar-refractivity contribution in [2.45, 2.75) is 6.17 Å². The molecule has 0 saturated carbocycles. The van der Waals surface area contributed by atoms with Gasteiger partial charge in [-0.05, 0) is 32.3 Å². The number of ether oxygens (including phenoxy) is 1. The largest absolute Gasteiger partial charge is 0.494 e. The van der Waals surface area contributed by atoms with Crippen LogP contribution < -0.4 is 35.4 Å². The van der Waals surface area contributed by atoms with Crippen molar-refractivity contribution < 1.29 is 17.9 Å². The van der Waals surface area contributed by atoms with E-state index in [1.165, 1.54) is 6.08 Å². The van der Waals surface area contributed by atoms with Gasteiger partial charge in [0.1, 0.15) is 11.9 Å². The number of anilines is 6. The summed E-state index contributed by atoms with van der Waals surface area (Å²) in [5, 5.41) is 7.76. The quantitative estimate of drug-likeness (QED) is 0.234. The van der Waals surface area contributed by atoms with Gasteiger partial charge in [-0.15, -0.1) is 0 Å². The van der Waals surface area contributed by atoms with Crippen molar-refractivity contribution in [3.8, 4) is 5.75 Å². The summed E-state index contributed by atoms with van der Waals surface area (Å²) >= 11 is 0. The number of nitrogens with one attached hydrogen (secondary N) is 4. The fourth-order valence-electron chi connectivity index (χ4n) is 4.26. The third kappa shape index (κ3) is 7.29. The smallest absolute Gasteiger partial charge is 0.247 e. The van der Waals surface area contributed by atoms with E-state index in [9.17, 15) is 13.2 Å². The normalized spacial score (nSPS) is 14.5. The summed E-state index contributed by atoms with van der Waals surface area (Å²) in [6.45, 7) is 5.08. The molecule has 0 saturated heterocycles. The van der Waals surface area contributed by atoms with E-state index in [-0.39, 0.29) is 11.9 Å². The average molecular weight is 582 g/mol. The van der Waals surface area contributed by atoms with E-state index in [4.69, 9.17) is 4.74 Å². The van der Waals surface area contributed by atoms with E-state index in [0.29, 0.717) is 29.5 Å². The van der Waals surface area contributed by atoms with Crippen LogP contribution >= 0.6 is 0 Å². The number of benzene rings is 2. The van der Waals surface area contributed by atoms with Gasteiger partial charge in [0.05, 0.1) is 36.1 Å². The number of hydrogen-bond acceptors (Lipinski definition) is 11. The van der Waals surface area contributed by atoms with Crippen molar-refractivity contribution in [3.63, 3.8) is 0 Å². The van der Waals surface area contributed by atoms with Crippen molar-refractivity contribution in [1.29, 1.82) is 0 Å². The fourth-order valence-corrected chi connectivity index (χ4v) is 4.86. The van der Waals surface area contributed by atoms with Crippen LogP contribution in [0.4, 0.5) is 34.5 Å². The van der Waals surface area contributed by atoms with E-state index in [1.54, 1.807) is 30.4 Å². The van der Waals surface area contributed by atoms with E-state index in [1.807, 2.05) is 56.4 Å². The zero-order valence-corrected chi connectivity index (χ0v) is 24.5. The van der Waals surface area contributed by atoms with Crippen LogP contribution in [-0.4, -0.2) is 76.8 Å². The molecule has 0 radical (unpaired) electrons. The summed E-state index contributed by atoms with van der Waals surface area (Å²) < 4.78 is 32.2. The molecule has 0 fully saturated rings. The van der Waals surface area contributed by atoms with Crippen LogP contribution in [0.15, 0.2) is 61.3 Å². The Labute approximate surface area is 240 Å².